The second-order valence-electron chi connectivity index (χ2n) is 3.52. The lowest BCUT2D eigenvalue weighted by atomic mass is 10.3. The Bertz CT molecular complexity index is 452. The number of anilines is 1. The van der Waals surface area contributed by atoms with Gasteiger partial charge in [-0.05, 0) is 12.1 Å². The van der Waals surface area contributed by atoms with E-state index in [1.807, 2.05) is 0 Å². The highest BCUT2D eigenvalue weighted by atomic mass is 35.5. The van der Waals surface area contributed by atoms with Crippen LogP contribution in [0.1, 0.15) is 0 Å². The van der Waals surface area contributed by atoms with Crippen LogP contribution in [0.4, 0.5) is 5.69 Å². The maximum Gasteiger partial charge on any atom is 0.279 e. The summed E-state index contributed by atoms with van der Waals surface area (Å²) in [6, 6.07) is 4.99. The lowest BCUT2D eigenvalue weighted by molar-refractivity contribution is -0.632. The summed E-state index contributed by atoms with van der Waals surface area (Å²) >= 11 is 11.7. The summed E-state index contributed by atoms with van der Waals surface area (Å²) in [6.07, 6.45) is 0. The van der Waals surface area contributed by atoms with Crippen molar-refractivity contribution in [1.29, 1.82) is 0 Å². The Morgan fingerprint density at radius 1 is 1.22 bits per heavy atom. The molecule has 0 spiro atoms. The minimum atomic E-state index is -0.247. The van der Waals surface area contributed by atoms with E-state index in [0.717, 1.165) is 0 Å². The molecule has 7 heteroatoms. The average molecular weight is 291 g/mol. The SMILES string of the molecule is CNC(=O)C[NH2+]CC(=O)Nc1cccc(Cl)c1Cl. The van der Waals surface area contributed by atoms with E-state index in [1.165, 1.54) is 0 Å². The molecule has 0 saturated carbocycles. The van der Waals surface area contributed by atoms with E-state index in [1.54, 1.807) is 30.6 Å². The third-order valence-electron chi connectivity index (χ3n) is 2.16. The van der Waals surface area contributed by atoms with E-state index in [0.29, 0.717) is 15.7 Å². The number of likely N-dealkylation sites (N-methyl/N-ethyl adjacent to an activating group) is 1. The number of hydrogen-bond donors (Lipinski definition) is 3. The Morgan fingerprint density at radius 2 is 1.89 bits per heavy atom. The number of carbonyl (C=O) groups is 2. The van der Waals surface area contributed by atoms with Gasteiger partial charge in [-0.15, -0.1) is 0 Å². The van der Waals surface area contributed by atoms with Gasteiger partial charge in [0.25, 0.3) is 11.8 Å². The van der Waals surface area contributed by atoms with Crippen molar-refractivity contribution in [2.45, 2.75) is 0 Å². The van der Waals surface area contributed by atoms with Crippen LogP contribution in [0, 0.1) is 0 Å². The van der Waals surface area contributed by atoms with Crippen LogP contribution in [0.3, 0.4) is 0 Å². The van der Waals surface area contributed by atoms with Crippen molar-refractivity contribution in [2.24, 2.45) is 0 Å². The molecule has 0 aromatic heterocycles. The van der Waals surface area contributed by atoms with Gasteiger partial charge in [-0.1, -0.05) is 29.3 Å². The topological polar surface area (TPSA) is 74.8 Å². The molecule has 4 N–H and O–H groups in total. The summed E-state index contributed by atoms with van der Waals surface area (Å²) in [5.74, 6) is -0.383. The molecular formula is C11H14Cl2N3O2+. The standard InChI is InChI=1S/C11H13Cl2N3O2/c1-14-9(17)5-15-6-10(18)16-8-4-2-3-7(12)11(8)13/h2-4,15H,5-6H2,1H3,(H,14,17)(H,16,18)/p+1. The molecule has 0 bridgehead atoms. The number of hydrogen-bond acceptors (Lipinski definition) is 2. The molecule has 0 aliphatic heterocycles. The van der Waals surface area contributed by atoms with Crippen LogP contribution < -0.4 is 16.0 Å². The molecule has 1 aromatic rings. The van der Waals surface area contributed by atoms with E-state index in [4.69, 9.17) is 23.2 Å². The van der Waals surface area contributed by atoms with Crippen LogP contribution in [0.5, 0.6) is 0 Å². The molecule has 0 aliphatic carbocycles. The molecule has 0 heterocycles. The van der Waals surface area contributed by atoms with Crippen LogP contribution in [0.2, 0.25) is 10.0 Å². The summed E-state index contributed by atoms with van der Waals surface area (Å²) in [5.41, 5.74) is 0.461. The van der Waals surface area contributed by atoms with Crippen molar-refractivity contribution >= 4 is 40.7 Å². The zero-order chi connectivity index (χ0) is 13.5. The minimum absolute atomic E-state index is 0.135. The van der Waals surface area contributed by atoms with E-state index in [9.17, 15) is 9.59 Å². The molecule has 0 aliphatic rings. The number of carbonyl (C=O) groups excluding carboxylic acids is 2. The third kappa shape index (κ3) is 4.52. The quantitative estimate of drug-likeness (QED) is 0.727. The number of nitrogens with one attached hydrogen (secondary N) is 2. The number of benzene rings is 1. The summed E-state index contributed by atoms with van der Waals surface area (Å²) < 4.78 is 0. The van der Waals surface area contributed by atoms with Gasteiger partial charge in [0.05, 0.1) is 15.7 Å². The van der Waals surface area contributed by atoms with Gasteiger partial charge in [-0.3, -0.25) is 9.59 Å². The fourth-order valence-electron chi connectivity index (χ4n) is 1.24. The van der Waals surface area contributed by atoms with E-state index in [-0.39, 0.29) is 24.9 Å². The highest BCUT2D eigenvalue weighted by molar-refractivity contribution is 6.43. The normalized spacial score (nSPS) is 9.94. The van der Waals surface area contributed by atoms with Crippen LogP contribution in [-0.4, -0.2) is 32.0 Å². The van der Waals surface area contributed by atoms with Crippen molar-refractivity contribution in [1.82, 2.24) is 5.32 Å². The maximum atomic E-state index is 11.6. The summed E-state index contributed by atoms with van der Waals surface area (Å²) in [7, 11) is 1.54. The Kier molecular flexibility index (Phi) is 5.91. The molecule has 0 radical (unpaired) electrons. The molecule has 0 atom stereocenters. The Hall–Kier alpha value is -1.30. The van der Waals surface area contributed by atoms with Crippen molar-refractivity contribution in [3.63, 3.8) is 0 Å². The van der Waals surface area contributed by atoms with Crippen molar-refractivity contribution < 1.29 is 14.9 Å². The fraction of sp³-hybridized carbons (Fsp3) is 0.273. The number of amides is 2. The lowest BCUT2D eigenvalue weighted by Gasteiger charge is -2.07. The number of nitrogens with two attached hydrogens (primary N) is 1. The molecule has 0 unspecified atom stereocenters. The van der Waals surface area contributed by atoms with E-state index >= 15 is 0 Å². The first-order chi connectivity index (χ1) is 8.54. The van der Waals surface area contributed by atoms with Crippen LogP contribution >= 0.6 is 23.2 Å². The lowest BCUT2D eigenvalue weighted by Crippen LogP contribution is -2.88. The zero-order valence-corrected chi connectivity index (χ0v) is 11.3. The maximum absolute atomic E-state index is 11.6. The molecule has 2 amide bonds. The average Bonchev–Trinajstić information content (AvgIpc) is 2.34. The third-order valence-corrected chi connectivity index (χ3v) is 2.98. The monoisotopic (exact) mass is 290 g/mol. The Balaban J connectivity index is 2.45. The molecule has 1 aromatic carbocycles. The Labute approximate surface area is 115 Å². The molecular weight excluding hydrogens is 277 g/mol. The largest absolute Gasteiger partial charge is 0.354 e. The first-order valence-electron chi connectivity index (χ1n) is 5.30. The van der Waals surface area contributed by atoms with Crippen molar-refractivity contribution in [2.75, 3.05) is 25.5 Å². The smallest absolute Gasteiger partial charge is 0.279 e. The molecule has 18 heavy (non-hydrogen) atoms. The molecule has 0 fully saturated rings. The highest BCUT2D eigenvalue weighted by Crippen LogP contribution is 2.29. The van der Waals surface area contributed by atoms with Crippen LogP contribution in [0.25, 0.3) is 0 Å². The van der Waals surface area contributed by atoms with Gasteiger partial charge >= 0.3 is 0 Å². The molecule has 5 nitrogen and oxygen atoms in total. The number of rotatable bonds is 5. The summed E-state index contributed by atoms with van der Waals surface area (Å²) in [6.45, 7) is 0.337. The zero-order valence-electron chi connectivity index (χ0n) is 9.80. The number of halogens is 2. The molecule has 0 saturated heterocycles. The van der Waals surface area contributed by atoms with Crippen LogP contribution in [0.15, 0.2) is 18.2 Å². The van der Waals surface area contributed by atoms with Gasteiger partial charge in [-0.25, -0.2) is 0 Å². The predicted octanol–water partition coefficient (Wildman–Crippen LogP) is 0.241. The summed E-state index contributed by atoms with van der Waals surface area (Å²) in [5, 5.41) is 7.36. The van der Waals surface area contributed by atoms with Crippen molar-refractivity contribution in [3.8, 4) is 0 Å². The van der Waals surface area contributed by atoms with Crippen LogP contribution in [-0.2, 0) is 9.59 Å². The molecule has 98 valence electrons. The van der Waals surface area contributed by atoms with E-state index in [2.05, 4.69) is 10.6 Å². The minimum Gasteiger partial charge on any atom is -0.354 e. The van der Waals surface area contributed by atoms with Gasteiger partial charge in [0.1, 0.15) is 0 Å². The van der Waals surface area contributed by atoms with Gasteiger partial charge in [-0.2, -0.15) is 0 Å². The molecule has 1 rings (SSSR count). The van der Waals surface area contributed by atoms with Crippen molar-refractivity contribution in [3.05, 3.63) is 28.2 Å². The second kappa shape index (κ2) is 7.20. The highest BCUT2D eigenvalue weighted by Gasteiger charge is 2.10. The summed E-state index contributed by atoms with van der Waals surface area (Å²) in [4.78, 5) is 22.5. The second-order valence-corrected chi connectivity index (χ2v) is 4.30. The first-order valence-corrected chi connectivity index (χ1v) is 6.06. The Morgan fingerprint density at radius 3 is 2.56 bits per heavy atom. The van der Waals surface area contributed by atoms with Gasteiger partial charge in [0.2, 0.25) is 0 Å². The van der Waals surface area contributed by atoms with Gasteiger partial charge < -0.3 is 16.0 Å². The predicted molar refractivity (Wildman–Crippen MR) is 70.8 cm³/mol. The van der Waals surface area contributed by atoms with Gasteiger partial charge in [0, 0.05) is 7.05 Å². The van der Waals surface area contributed by atoms with E-state index < -0.39 is 0 Å². The number of quaternary nitrogens is 1. The van der Waals surface area contributed by atoms with Gasteiger partial charge in [0.15, 0.2) is 13.1 Å². The fourth-order valence-corrected chi connectivity index (χ4v) is 1.59. The first kappa shape index (κ1) is 14.8.